The molecule has 0 fully saturated rings. The van der Waals surface area contributed by atoms with Crippen molar-refractivity contribution in [1.82, 2.24) is 9.55 Å². The van der Waals surface area contributed by atoms with Crippen molar-refractivity contribution in [2.24, 2.45) is 0 Å². The van der Waals surface area contributed by atoms with E-state index in [-0.39, 0.29) is 5.41 Å². The van der Waals surface area contributed by atoms with Crippen molar-refractivity contribution in [3.05, 3.63) is 133 Å². The van der Waals surface area contributed by atoms with Gasteiger partial charge in [0.1, 0.15) is 0 Å². The summed E-state index contributed by atoms with van der Waals surface area (Å²) in [6, 6.07) is 41.9. The highest BCUT2D eigenvalue weighted by Gasteiger charge is 2.35. The Morgan fingerprint density at radius 3 is 2.29 bits per heavy atom. The number of para-hydroxylation sites is 1. The Kier molecular flexibility index (Phi) is 4.31. The summed E-state index contributed by atoms with van der Waals surface area (Å²) in [5, 5.41) is 5.10. The minimum atomic E-state index is -0.0164. The van der Waals surface area contributed by atoms with Gasteiger partial charge in [-0.2, -0.15) is 0 Å². The summed E-state index contributed by atoms with van der Waals surface area (Å²) in [6.45, 7) is 4.70. The average molecular weight is 487 g/mol. The van der Waals surface area contributed by atoms with Gasteiger partial charge < -0.3 is 4.57 Å². The lowest BCUT2D eigenvalue weighted by Gasteiger charge is -2.21. The zero-order valence-electron chi connectivity index (χ0n) is 21.4. The van der Waals surface area contributed by atoms with Crippen LogP contribution in [-0.4, -0.2) is 9.55 Å². The third-order valence-corrected chi connectivity index (χ3v) is 8.42. The largest absolute Gasteiger partial charge is 0.308 e. The van der Waals surface area contributed by atoms with E-state index < -0.39 is 0 Å². The number of aromatic nitrogens is 2. The molecule has 0 bridgehead atoms. The number of benzene rings is 5. The Morgan fingerprint density at radius 2 is 1.39 bits per heavy atom. The van der Waals surface area contributed by atoms with Gasteiger partial charge in [0.2, 0.25) is 0 Å². The highest BCUT2D eigenvalue weighted by atomic mass is 15.0. The van der Waals surface area contributed by atoms with Gasteiger partial charge in [0.25, 0.3) is 0 Å². The van der Waals surface area contributed by atoms with E-state index in [4.69, 9.17) is 4.98 Å². The molecule has 2 aromatic heterocycles. The molecule has 2 heteroatoms. The zero-order chi connectivity index (χ0) is 25.4. The molecular formula is C36H26N2. The van der Waals surface area contributed by atoms with Crippen LogP contribution < -0.4 is 0 Å². The fourth-order valence-corrected chi connectivity index (χ4v) is 6.57. The lowest BCUT2D eigenvalue weighted by atomic mass is 9.82. The van der Waals surface area contributed by atoms with Gasteiger partial charge in [-0.25, -0.2) is 0 Å². The fourth-order valence-electron chi connectivity index (χ4n) is 6.57. The van der Waals surface area contributed by atoms with Crippen molar-refractivity contribution in [2.45, 2.75) is 19.3 Å². The Bertz CT molecular complexity index is 2040. The van der Waals surface area contributed by atoms with Crippen LogP contribution >= 0.6 is 0 Å². The first kappa shape index (κ1) is 21.4. The molecule has 180 valence electrons. The number of fused-ring (bicyclic) bond motifs is 8. The van der Waals surface area contributed by atoms with Gasteiger partial charge >= 0.3 is 0 Å². The first-order valence-electron chi connectivity index (χ1n) is 13.2. The van der Waals surface area contributed by atoms with E-state index in [1.54, 1.807) is 0 Å². The highest BCUT2D eigenvalue weighted by molar-refractivity contribution is 6.19. The first-order chi connectivity index (χ1) is 18.6. The molecule has 8 rings (SSSR count). The van der Waals surface area contributed by atoms with E-state index in [1.807, 2.05) is 12.3 Å². The van der Waals surface area contributed by atoms with Gasteiger partial charge in [-0.15, -0.1) is 0 Å². The maximum Gasteiger partial charge on any atom is 0.0722 e. The van der Waals surface area contributed by atoms with Crippen molar-refractivity contribution in [2.75, 3.05) is 0 Å². The van der Waals surface area contributed by atoms with Crippen molar-refractivity contribution < 1.29 is 0 Å². The van der Waals surface area contributed by atoms with E-state index in [1.165, 1.54) is 54.8 Å². The van der Waals surface area contributed by atoms with E-state index in [0.29, 0.717) is 0 Å². The van der Waals surface area contributed by atoms with Crippen LogP contribution in [0.1, 0.15) is 25.0 Å². The van der Waals surface area contributed by atoms with E-state index in [9.17, 15) is 0 Å². The fraction of sp³-hybridized carbons (Fsp3) is 0.0833. The van der Waals surface area contributed by atoms with Gasteiger partial charge in [-0.1, -0.05) is 98.8 Å². The van der Waals surface area contributed by atoms with Crippen molar-refractivity contribution in [3.63, 3.8) is 0 Å². The maximum atomic E-state index is 4.72. The summed E-state index contributed by atoms with van der Waals surface area (Å²) in [6.07, 6.45) is 1.93. The summed E-state index contributed by atoms with van der Waals surface area (Å²) in [5.74, 6) is 0. The van der Waals surface area contributed by atoms with Crippen LogP contribution in [0.15, 0.2) is 121 Å². The van der Waals surface area contributed by atoms with E-state index in [0.717, 1.165) is 16.9 Å². The predicted octanol–water partition coefficient (Wildman–Crippen LogP) is 9.31. The van der Waals surface area contributed by atoms with Crippen LogP contribution in [0.2, 0.25) is 0 Å². The molecule has 0 saturated heterocycles. The molecule has 0 aliphatic heterocycles. The van der Waals surface area contributed by atoms with E-state index >= 15 is 0 Å². The molecule has 5 aromatic carbocycles. The van der Waals surface area contributed by atoms with Crippen molar-refractivity contribution in [1.29, 1.82) is 0 Å². The van der Waals surface area contributed by atoms with Crippen LogP contribution in [0.3, 0.4) is 0 Å². The second-order valence-electron chi connectivity index (χ2n) is 10.9. The second-order valence-corrected chi connectivity index (χ2v) is 10.9. The molecule has 38 heavy (non-hydrogen) atoms. The van der Waals surface area contributed by atoms with E-state index in [2.05, 4.69) is 128 Å². The molecule has 0 spiro atoms. The molecule has 0 saturated carbocycles. The normalized spacial score (nSPS) is 13.7. The number of hydrogen-bond acceptors (Lipinski definition) is 1. The smallest absolute Gasteiger partial charge is 0.0722 e. The molecular weight excluding hydrogens is 460 g/mol. The summed E-state index contributed by atoms with van der Waals surface area (Å²) in [5.41, 5.74) is 11.2. The minimum absolute atomic E-state index is 0.0164. The topological polar surface area (TPSA) is 17.8 Å². The summed E-state index contributed by atoms with van der Waals surface area (Å²) < 4.78 is 2.43. The second kappa shape index (κ2) is 7.66. The average Bonchev–Trinajstić information content (AvgIpc) is 3.42. The monoisotopic (exact) mass is 486 g/mol. The van der Waals surface area contributed by atoms with Crippen LogP contribution in [0, 0.1) is 0 Å². The molecule has 1 aliphatic rings. The lowest BCUT2D eigenvalue weighted by Crippen LogP contribution is -2.14. The summed E-state index contributed by atoms with van der Waals surface area (Å²) in [7, 11) is 0. The summed E-state index contributed by atoms with van der Waals surface area (Å²) >= 11 is 0. The van der Waals surface area contributed by atoms with Crippen LogP contribution in [0.5, 0.6) is 0 Å². The molecule has 2 nitrogen and oxygen atoms in total. The van der Waals surface area contributed by atoms with Crippen LogP contribution in [0.25, 0.3) is 60.6 Å². The quantitative estimate of drug-likeness (QED) is 0.238. The highest BCUT2D eigenvalue weighted by Crippen LogP contribution is 2.50. The third-order valence-electron chi connectivity index (χ3n) is 8.42. The predicted molar refractivity (Wildman–Crippen MR) is 159 cm³/mol. The van der Waals surface area contributed by atoms with Crippen LogP contribution in [0.4, 0.5) is 0 Å². The van der Waals surface area contributed by atoms with Gasteiger partial charge in [0.15, 0.2) is 0 Å². The Hall–Kier alpha value is -4.69. The van der Waals surface area contributed by atoms with Gasteiger partial charge in [0, 0.05) is 39.0 Å². The van der Waals surface area contributed by atoms with Crippen LogP contribution in [-0.2, 0) is 5.41 Å². The first-order valence-corrected chi connectivity index (χ1v) is 13.2. The number of nitrogens with zero attached hydrogens (tertiary/aromatic N) is 2. The number of hydrogen-bond donors (Lipinski definition) is 0. The number of pyridine rings is 1. The third kappa shape index (κ3) is 2.86. The zero-order valence-corrected chi connectivity index (χ0v) is 21.4. The molecule has 2 heterocycles. The SMILES string of the molecule is CC1(C)c2ccccc2-c2cc3c(ccc4c5ccccc5n(-c5ccnc(-c6ccccc6)c5)c34)cc21. The van der Waals surface area contributed by atoms with Crippen molar-refractivity contribution >= 4 is 32.6 Å². The molecule has 0 atom stereocenters. The lowest BCUT2D eigenvalue weighted by molar-refractivity contribution is 0.661. The van der Waals surface area contributed by atoms with Crippen molar-refractivity contribution in [3.8, 4) is 28.1 Å². The van der Waals surface area contributed by atoms with Gasteiger partial charge in [-0.05, 0) is 58.0 Å². The van der Waals surface area contributed by atoms with Gasteiger partial charge in [-0.3, -0.25) is 4.98 Å². The molecule has 0 N–H and O–H groups in total. The molecule has 0 unspecified atom stereocenters. The number of rotatable bonds is 2. The summed E-state index contributed by atoms with van der Waals surface area (Å²) in [4.78, 5) is 4.72. The van der Waals surface area contributed by atoms with Gasteiger partial charge in [0.05, 0.1) is 16.7 Å². The molecule has 7 aromatic rings. The Balaban J connectivity index is 1.49. The molecule has 1 aliphatic carbocycles. The Labute approximate surface area is 221 Å². The Morgan fingerprint density at radius 1 is 0.605 bits per heavy atom. The maximum absolute atomic E-state index is 4.72. The molecule has 0 radical (unpaired) electrons. The molecule has 0 amide bonds. The minimum Gasteiger partial charge on any atom is -0.308 e. The standard InChI is InChI=1S/C36H26N2/c1-36(2)31-14-8-6-12-26(31)30-22-29-24(20-32(30)36)16-17-28-27-13-7-9-15-34(27)38(35(28)29)25-18-19-37-33(21-25)23-10-4-3-5-11-23/h3-22H,1-2H3.